The van der Waals surface area contributed by atoms with Crippen LogP contribution in [0.2, 0.25) is 10.0 Å². The largest absolute Gasteiger partial charge is 0.322 e. The SMILES string of the molecule is CC1CCc2ccccc2N1c1nc(NN)c(Cl)cc1Cl. The number of pyridine rings is 1. The van der Waals surface area contributed by atoms with E-state index < -0.39 is 0 Å². The predicted molar refractivity (Wildman–Crippen MR) is 88.4 cm³/mol. The standard InChI is InChI=1S/C15H16Cl2N4/c1-9-6-7-10-4-2-3-5-13(10)21(9)15-12(17)8-11(16)14(19-15)20-18/h2-5,8-9H,6-7,18H2,1H3,(H,19,20). The van der Waals surface area contributed by atoms with Crippen LogP contribution in [0.5, 0.6) is 0 Å². The van der Waals surface area contributed by atoms with Crippen LogP contribution in [0, 0.1) is 0 Å². The Hall–Kier alpha value is -1.49. The van der Waals surface area contributed by atoms with Gasteiger partial charge < -0.3 is 10.3 Å². The van der Waals surface area contributed by atoms with Crippen molar-refractivity contribution in [3.8, 4) is 0 Å². The molecule has 1 aromatic carbocycles. The van der Waals surface area contributed by atoms with Gasteiger partial charge in [-0.25, -0.2) is 10.8 Å². The first kappa shape index (κ1) is 14.4. The number of para-hydroxylation sites is 1. The van der Waals surface area contributed by atoms with Gasteiger partial charge in [0.1, 0.15) is 0 Å². The van der Waals surface area contributed by atoms with Gasteiger partial charge in [-0.15, -0.1) is 0 Å². The quantitative estimate of drug-likeness (QED) is 0.644. The van der Waals surface area contributed by atoms with Crippen LogP contribution in [0.3, 0.4) is 0 Å². The summed E-state index contributed by atoms with van der Waals surface area (Å²) in [6, 6.07) is 10.3. The summed E-state index contributed by atoms with van der Waals surface area (Å²) in [6.45, 7) is 2.16. The third-order valence-electron chi connectivity index (χ3n) is 3.80. The van der Waals surface area contributed by atoms with Crippen molar-refractivity contribution < 1.29 is 0 Å². The normalized spacial score (nSPS) is 17.5. The number of anilines is 3. The summed E-state index contributed by atoms with van der Waals surface area (Å²) in [5, 5.41) is 0.923. The second-order valence-corrected chi connectivity index (χ2v) is 5.97. The molecule has 2 heterocycles. The van der Waals surface area contributed by atoms with Crippen molar-refractivity contribution in [3.05, 3.63) is 45.9 Å². The highest BCUT2D eigenvalue weighted by atomic mass is 35.5. The zero-order valence-electron chi connectivity index (χ0n) is 11.6. The Morgan fingerprint density at radius 3 is 2.81 bits per heavy atom. The molecule has 21 heavy (non-hydrogen) atoms. The fraction of sp³-hybridized carbons (Fsp3) is 0.267. The molecule has 110 valence electrons. The van der Waals surface area contributed by atoms with E-state index in [0.717, 1.165) is 18.5 Å². The molecule has 2 aromatic rings. The molecule has 0 aliphatic carbocycles. The van der Waals surface area contributed by atoms with Crippen LogP contribution >= 0.6 is 23.2 Å². The molecule has 3 N–H and O–H groups in total. The zero-order valence-corrected chi connectivity index (χ0v) is 13.1. The van der Waals surface area contributed by atoms with Crippen molar-refractivity contribution in [2.24, 2.45) is 5.84 Å². The number of nitrogen functional groups attached to an aromatic ring is 1. The minimum absolute atomic E-state index is 0.302. The predicted octanol–water partition coefficient (Wildman–Crippen LogP) is 4.15. The number of aromatic nitrogens is 1. The van der Waals surface area contributed by atoms with Crippen LogP contribution in [0.15, 0.2) is 30.3 Å². The molecular formula is C15H16Cl2N4. The number of fused-ring (bicyclic) bond motifs is 1. The maximum Gasteiger partial charge on any atom is 0.161 e. The van der Waals surface area contributed by atoms with E-state index in [9.17, 15) is 0 Å². The minimum Gasteiger partial charge on any atom is -0.322 e. The van der Waals surface area contributed by atoms with E-state index in [-0.39, 0.29) is 0 Å². The fourth-order valence-electron chi connectivity index (χ4n) is 2.74. The molecule has 0 bridgehead atoms. The van der Waals surface area contributed by atoms with Gasteiger partial charge in [0.25, 0.3) is 0 Å². The lowest BCUT2D eigenvalue weighted by Crippen LogP contribution is -2.34. The van der Waals surface area contributed by atoms with Crippen LogP contribution in [-0.4, -0.2) is 11.0 Å². The van der Waals surface area contributed by atoms with E-state index in [0.29, 0.717) is 27.7 Å². The Balaban J connectivity index is 2.15. The van der Waals surface area contributed by atoms with E-state index in [1.807, 2.05) is 6.07 Å². The van der Waals surface area contributed by atoms with Gasteiger partial charge >= 0.3 is 0 Å². The fourth-order valence-corrected chi connectivity index (χ4v) is 3.24. The number of nitrogens with one attached hydrogen (secondary N) is 1. The molecular weight excluding hydrogens is 307 g/mol. The Labute approximate surface area is 133 Å². The van der Waals surface area contributed by atoms with Crippen molar-refractivity contribution in [1.29, 1.82) is 0 Å². The maximum atomic E-state index is 6.37. The number of halogens is 2. The topological polar surface area (TPSA) is 54.2 Å². The first-order chi connectivity index (χ1) is 10.1. The molecule has 0 saturated carbocycles. The lowest BCUT2D eigenvalue weighted by Gasteiger charge is -2.36. The van der Waals surface area contributed by atoms with Crippen LogP contribution in [-0.2, 0) is 6.42 Å². The Morgan fingerprint density at radius 1 is 1.29 bits per heavy atom. The number of rotatable bonds is 2. The second kappa shape index (κ2) is 5.72. The molecule has 0 spiro atoms. The number of benzene rings is 1. The van der Waals surface area contributed by atoms with Crippen LogP contribution < -0.4 is 16.2 Å². The molecule has 4 nitrogen and oxygen atoms in total. The van der Waals surface area contributed by atoms with Crippen molar-refractivity contribution in [2.45, 2.75) is 25.8 Å². The van der Waals surface area contributed by atoms with Crippen LogP contribution in [0.1, 0.15) is 18.9 Å². The van der Waals surface area contributed by atoms with Gasteiger partial charge in [-0.3, -0.25) is 0 Å². The second-order valence-electron chi connectivity index (χ2n) is 5.15. The average molecular weight is 323 g/mol. The Kier molecular flexibility index (Phi) is 3.93. The molecule has 0 fully saturated rings. The van der Waals surface area contributed by atoms with Gasteiger partial charge in [-0.2, -0.15) is 0 Å². The van der Waals surface area contributed by atoms with E-state index in [1.165, 1.54) is 5.56 Å². The molecule has 0 saturated heterocycles. The monoisotopic (exact) mass is 322 g/mol. The molecule has 1 aromatic heterocycles. The Morgan fingerprint density at radius 2 is 2.05 bits per heavy atom. The number of nitrogens with two attached hydrogens (primary N) is 1. The van der Waals surface area contributed by atoms with Gasteiger partial charge in [0.2, 0.25) is 0 Å². The highest BCUT2D eigenvalue weighted by molar-refractivity contribution is 6.37. The van der Waals surface area contributed by atoms with Gasteiger partial charge in [0.05, 0.1) is 10.0 Å². The molecule has 3 rings (SSSR count). The molecule has 0 amide bonds. The summed E-state index contributed by atoms with van der Waals surface area (Å²) in [4.78, 5) is 6.64. The highest BCUT2D eigenvalue weighted by Gasteiger charge is 2.27. The lowest BCUT2D eigenvalue weighted by atomic mass is 9.96. The summed E-state index contributed by atoms with van der Waals surface area (Å²) in [5.74, 6) is 6.57. The minimum atomic E-state index is 0.302. The third kappa shape index (κ3) is 2.55. The van der Waals surface area contributed by atoms with Crippen molar-refractivity contribution >= 4 is 40.5 Å². The summed E-state index contributed by atoms with van der Waals surface area (Å²) in [6.07, 6.45) is 2.10. The van der Waals surface area contributed by atoms with Crippen LogP contribution in [0.4, 0.5) is 17.3 Å². The molecule has 0 radical (unpaired) electrons. The van der Waals surface area contributed by atoms with Crippen molar-refractivity contribution in [1.82, 2.24) is 4.98 Å². The lowest BCUT2D eigenvalue weighted by molar-refractivity contribution is 0.613. The van der Waals surface area contributed by atoms with Gasteiger partial charge in [-0.05, 0) is 37.5 Å². The molecule has 1 atom stereocenters. The summed E-state index contributed by atoms with van der Waals surface area (Å²) < 4.78 is 0. The van der Waals surface area contributed by atoms with E-state index in [2.05, 4.69) is 40.4 Å². The number of hydrogen-bond donors (Lipinski definition) is 2. The first-order valence-electron chi connectivity index (χ1n) is 6.81. The first-order valence-corrected chi connectivity index (χ1v) is 7.57. The van der Waals surface area contributed by atoms with E-state index in [4.69, 9.17) is 29.0 Å². The number of nitrogens with zero attached hydrogens (tertiary/aromatic N) is 2. The summed E-state index contributed by atoms with van der Waals surface area (Å²) >= 11 is 12.4. The maximum absolute atomic E-state index is 6.37. The van der Waals surface area contributed by atoms with E-state index >= 15 is 0 Å². The summed E-state index contributed by atoms with van der Waals surface area (Å²) in [7, 11) is 0. The Bertz CT molecular complexity index is 675. The smallest absolute Gasteiger partial charge is 0.161 e. The van der Waals surface area contributed by atoms with Gasteiger partial charge in [-0.1, -0.05) is 41.4 Å². The van der Waals surface area contributed by atoms with Gasteiger partial charge in [0, 0.05) is 11.7 Å². The number of hydrazine groups is 1. The molecule has 1 aliphatic heterocycles. The third-order valence-corrected chi connectivity index (χ3v) is 4.37. The van der Waals surface area contributed by atoms with Crippen molar-refractivity contribution in [3.63, 3.8) is 0 Å². The summed E-state index contributed by atoms with van der Waals surface area (Å²) in [5.41, 5.74) is 4.94. The van der Waals surface area contributed by atoms with E-state index in [1.54, 1.807) is 6.07 Å². The molecule has 6 heteroatoms. The van der Waals surface area contributed by atoms with Crippen LogP contribution in [0.25, 0.3) is 0 Å². The highest BCUT2D eigenvalue weighted by Crippen LogP contribution is 2.40. The average Bonchev–Trinajstić information content (AvgIpc) is 2.48. The zero-order chi connectivity index (χ0) is 15.0. The molecule has 1 unspecified atom stereocenters. The number of aryl methyl sites for hydroxylation is 1. The van der Waals surface area contributed by atoms with Crippen molar-refractivity contribution in [2.75, 3.05) is 10.3 Å². The molecule has 1 aliphatic rings. The number of hydrogen-bond acceptors (Lipinski definition) is 4. The van der Waals surface area contributed by atoms with Gasteiger partial charge in [0.15, 0.2) is 11.6 Å².